The maximum absolute atomic E-state index is 10.5. The van der Waals surface area contributed by atoms with Crippen molar-refractivity contribution in [1.82, 2.24) is 14.5 Å². The second-order valence-corrected chi connectivity index (χ2v) is 7.99. The number of halogens is 1. The van der Waals surface area contributed by atoms with E-state index in [1.165, 1.54) is 6.33 Å². The van der Waals surface area contributed by atoms with Crippen molar-refractivity contribution in [1.29, 1.82) is 0 Å². The van der Waals surface area contributed by atoms with E-state index in [0.717, 1.165) is 30.3 Å². The topological polar surface area (TPSA) is 69.4 Å². The quantitative estimate of drug-likeness (QED) is 0.802. The van der Waals surface area contributed by atoms with Gasteiger partial charge in [0.05, 0.1) is 17.5 Å². The third kappa shape index (κ3) is 1.83. The van der Waals surface area contributed by atoms with Crippen molar-refractivity contribution < 1.29 is 14.6 Å². The van der Waals surface area contributed by atoms with Crippen LogP contribution in [0.4, 0.5) is 0 Å². The Labute approximate surface area is 144 Å². The van der Waals surface area contributed by atoms with Crippen LogP contribution < -0.4 is 0 Å². The number of aliphatic hydroxyl groups excluding tert-OH is 1. The molecule has 5 rings (SSSR count). The minimum atomic E-state index is -0.638. The highest BCUT2D eigenvalue weighted by molar-refractivity contribution is 6.33. The van der Waals surface area contributed by atoms with E-state index in [-0.39, 0.29) is 24.2 Å². The summed E-state index contributed by atoms with van der Waals surface area (Å²) >= 11 is 6.19. The van der Waals surface area contributed by atoms with Crippen molar-refractivity contribution in [2.24, 2.45) is 5.92 Å². The minimum Gasteiger partial charge on any atom is -0.393 e. The standard InChI is InChI=1S/C17H20ClN3O3/c1-16(2)23-13-11(7-10-12(22)3-5-17(10,13)24-16)21-6-4-9-14(18)19-8-20-15(9)21/h4,6,8,10-13,22H,3,5,7H2,1-2H3/t10-,11-,12+,13+,17-/m1/s1. The number of hydrogen-bond acceptors (Lipinski definition) is 5. The predicted octanol–water partition coefficient (Wildman–Crippen LogP) is 2.69. The molecule has 0 amide bonds. The van der Waals surface area contributed by atoms with Gasteiger partial charge in [0.25, 0.3) is 0 Å². The molecule has 6 nitrogen and oxygen atoms in total. The molecular weight excluding hydrogens is 330 g/mol. The molecule has 0 radical (unpaired) electrons. The Morgan fingerprint density at radius 3 is 3.04 bits per heavy atom. The monoisotopic (exact) mass is 349 g/mol. The van der Waals surface area contributed by atoms with Gasteiger partial charge in [0.2, 0.25) is 0 Å². The van der Waals surface area contributed by atoms with E-state index in [0.29, 0.717) is 5.15 Å². The highest BCUT2D eigenvalue weighted by Gasteiger charge is 2.68. The molecular formula is C17H20ClN3O3. The van der Waals surface area contributed by atoms with E-state index >= 15 is 0 Å². The summed E-state index contributed by atoms with van der Waals surface area (Å²) in [5.74, 6) is -0.551. The van der Waals surface area contributed by atoms with Gasteiger partial charge in [0, 0.05) is 12.1 Å². The fourth-order valence-electron chi connectivity index (χ4n) is 5.12. The van der Waals surface area contributed by atoms with Crippen molar-refractivity contribution in [3.63, 3.8) is 0 Å². The largest absolute Gasteiger partial charge is 0.393 e. The lowest BCUT2D eigenvalue weighted by molar-refractivity contribution is -0.179. The number of rotatable bonds is 1. The van der Waals surface area contributed by atoms with Crippen LogP contribution in [0.1, 0.15) is 39.2 Å². The normalized spacial score (nSPS) is 40.2. The molecule has 7 heteroatoms. The lowest BCUT2D eigenvalue weighted by Gasteiger charge is -2.29. The maximum atomic E-state index is 10.5. The summed E-state index contributed by atoms with van der Waals surface area (Å²) in [4.78, 5) is 8.47. The van der Waals surface area contributed by atoms with Crippen molar-refractivity contribution >= 4 is 22.6 Å². The van der Waals surface area contributed by atoms with Gasteiger partial charge in [-0.05, 0) is 39.2 Å². The molecule has 2 aliphatic carbocycles. The fraction of sp³-hybridized carbons (Fsp3) is 0.647. The summed E-state index contributed by atoms with van der Waals surface area (Å²) in [6, 6.07) is 2.01. The van der Waals surface area contributed by atoms with E-state index in [1.54, 1.807) is 0 Å². The molecule has 3 aliphatic rings. The summed E-state index contributed by atoms with van der Waals surface area (Å²) in [5.41, 5.74) is 0.402. The van der Waals surface area contributed by atoms with Gasteiger partial charge >= 0.3 is 0 Å². The Morgan fingerprint density at radius 2 is 2.21 bits per heavy atom. The van der Waals surface area contributed by atoms with Gasteiger partial charge in [-0.3, -0.25) is 0 Å². The SMILES string of the molecule is CC1(C)O[C@H]2[C@H](n3ccc4c(Cl)ncnc43)C[C@@H]3[C@@H](O)CC[C@@]32O1. The van der Waals surface area contributed by atoms with Crippen LogP contribution in [0.3, 0.4) is 0 Å². The van der Waals surface area contributed by atoms with Crippen LogP contribution in [0.25, 0.3) is 11.0 Å². The molecule has 2 aromatic heterocycles. The minimum absolute atomic E-state index is 0.0650. The lowest BCUT2D eigenvalue weighted by Crippen LogP contribution is -2.41. The molecule has 0 unspecified atom stereocenters. The second kappa shape index (κ2) is 4.69. The molecule has 2 saturated carbocycles. The average Bonchev–Trinajstić information content (AvgIpc) is 3.19. The Bertz CT molecular complexity index is 823. The van der Waals surface area contributed by atoms with Crippen molar-refractivity contribution in [2.45, 2.75) is 62.7 Å². The van der Waals surface area contributed by atoms with E-state index in [4.69, 9.17) is 21.1 Å². The Hall–Kier alpha value is -1.21. The molecule has 24 heavy (non-hydrogen) atoms. The van der Waals surface area contributed by atoms with Crippen LogP contribution in [0, 0.1) is 5.92 Å². The van der Waals surface area contributed by atoms with E-state index in [2.05, 4.69) is 14.5 Å². The van der Waals surface area contributed by atoms with Crippen LogP contribution >= 0.6 is 11.6 Å². The number of fused-ring (bicyclic) bond motifs is 1. The number of nitrogens with zero attached hydrogens (tertiary/aromatic N) is 3. The summed E-state index contributed by atoms with van der Waals surface area (Å²) in [5, 5.41) is 11.8. The van der Waals surface area contributed by atoms with E-state index < -0.39 is 11.4 Å². The number of aliphatic hydroxyl groups is 1. The van der Waals surface area contributed by atoms with Gasteiger partial charge in [0.1, 0.15) is 28.8 Å². The first-order chi connectivity index (χ1) is 11.4. The molecule has 0 aromatic carbocycles. The molecule has 3 heterocycles. The number of aromatic nitrogens is 3. The molecule has 2 aromatic rings. The highest BCUT2D eigenvalue weighted by atomic mass is 35.5. The van der Waals surface area contributed by atoms with Gasteiger partial charge in [0.15, 0.2) is 5.79 Å². The maximum Gasteiger partial charge on any atom is 0.164 e. The van der Waals surface area contributed by atoms with Gasteiger partial charge in [-0.2, -0.15) is 0 Å². The predicted molar refractivity (Wildman–Crippen MR) is 87.7 cm³/mol. The first kappa shape index (κ1) is 15.1. The molecule has 5 atom stereocenters. The zero-order valence-corrected chi connectivity index (χ0v) is 14.4. The van der Waals surface area contributed by atoms with Gasteiger partial charge in [-0.25, -0.2) is 9.97 Å². The molecule has 1 aliphatic heterocycles. The number of hydrogen-bond donors (Lipinski definition) is 1. The fourth-order valence-corrected chi connectivity index (χ4v) is 5.31. The lowest BCUT2D eigenvalue weighted by atomic mass is 9.92. The van der Waals surface area contributed by atoms with Crippen LogP contribution in [-0.4, -0.2) is 43.2 Å². The summed E-state index contributed by atoms with van der Waals surface area (Å²) in [7, 11) is 0. The van der Waals surface area contributed by atoms with Crippen molar-refractivity contribution in [3.05, 3.63) is 23.7 Å². The van der Waals surface area contributed by atoms with E-state index in [9.17, 15) is 5.11 Å². The Kier molecular flexibility index (Phi) is 2.95. The molecule has 1 N–H and O–H groups in total. The van der Waals surface area contributed by atoms with Crippen molar-refractivity contribution in [3.8, 4) is 0 Å². The summed E-state index contributed by atoms with van der Waals surface area (Å²) < 4.78 is 14.8. The Morgan fingerprint density at radius 1 is 1.38 bits per heavy atom. The first-order valence-electron chi connectivity index (χ1n) is 8.44. The third-order valence-electron chi connectivity index (χ3n) is 5.91. The summed E-state index contributed by atoms with van der Waals surface area (Å²) in [6.07, 6.45) is 5.46. The van der Waals surface area contributed by atoms with Gasteiger partial charge in [-0.1, -0.05) is 11.6 Å². The van der Waals surface area contributed by atoms with Gasteiger partial charge in [-0.15, -0.1) is 0 Å². The second-order valence-electron chi connectivity index (χ2n) is 7.64. The average molecular weight is 350 g/mol. The van der Waals surface area contributed by atoms with Crippen LogP contribution in [-0.2, 0) is 9.47 Å². The van der Waals surface area contributed by atoms with Crippen LogP contribution in [0.15, 0.2) is 18.6 Å². The Balaban J connectivity index is 1.63. The zero-order valence-electron chi connectivity index (χ0n) is 13.6. The highest BCUT2D eigenvalue weighted by Crippen LogP contribution is 2.60. The van der Waals surface area contributed by atoms with E-state index in [1.807, 2.05) is 26.1 Å². The van der Waals surface area contributed by atoms with Gasteiger partial charge < -0.3 is 19.1 Å². The number of ether oxygens (including phenoxy) is 2. The molecule has 128 valence electrons. The zero-order chi connectivity index (χ0) is 16.7. The molecule has 0 bridgehead atoms. The smallest absolute Gasteiger partial charge is 0.164 e. The van der Waals surface area contributed by atoms with Crippen LogP contribution in [0.5, 0.6) is 0 Å². The molecule has 1 saturated heterocycles. The van der Waals surface area contributed by atoms with Crippen LogP contribution in [0.2, 0.25) is 5.15 Å². The van der Waals surface area contributed by atoms with Crippen molar-refractivity contribution in [2.75, 3.05) is 0 Å². The first-order valence-corrected chi connectivity index (χ1v) is 8.82. The molecule has 3 fully saturated rings. The molecule has 1 spiro atoms. The summed E-state index contributed by atoms with van der Waals surface area (Å²) in [6.45, 7) is 3.90. The third-order valence-corrected chi connectivity index (χ3v) is 6.22.